The molecule has 0 bridgehead atoms. The number of aliphatic imine (C=N–C) groups is 1. The van der Waals surface area contributed by atoms with Crippen LogP contribution in [0.5, 0.6) is 0 Å². The lowest BCUT2D eigenvalue weighted by molar-refractivity contribution is 0.559. The molecule has 2 aromatic rings. The molecule has 0 aliphatic heterocycles. The third-order valence-electron chi connectivity index (χ3n) is 2.00. The summed E-state index contributed by atoms with van der Waals surface area (Å²) in [5, 5.41) is 4.04. The molecular weight excluding hydrogens is 180 g/mol. The normalized spacial score (nSPS) is 12.4. The van der Waals surface area contributed by atoms with Crippen molar-refractivity contribution in [2.75, 3.05) is 0 Å². The maximum Gasteiger partial charge on any atom is 0.235 e. The van der Waals surface area contributed by atoms with E-state index in [9.17, 15) is 4.79 Å². The highest BCUT2D eigenvalue weighted by Crippen LogP contribution is 2.14. The lowest BCUT2D eigenvalue weighted by Crippen LogP contribution is -1.96. The SMILES string of the molecule is CC(N=C=O)c1cnc2ccnn2c1. The Labute approximate surface area is 80.1 Å². The van der Waals surface area contributed by atoms with Crippen LogP contribution in [-0.4, -0.2) is 20.7 Å². The van der Waals surface area contributed by atoms with E-state index in [2.05, 4.69) is 15.1 Å². The van der Waals surface area contributed by atoms with Gasteiger partial charge in [0.15, 0.2) is 5.65 Å². The van der Waals surface area contributed by atoms with Gasteiger partial charge in [-0.25, -0.2) is 14.3 Å². The molecule has 0 aliphatic rings. The maximum atomic E-state index is 10.1. The Hall–Kier alpha value is -2.00. The smallest absolute Gasteiger partial charge is 0.235 e. The molecule has 2 rings (SSSR count). The highest BCUT2D eigenvalue weighted by Gasteiger charge is 2.05. The minimum Gasteiger partial charge on any atom is -0.237 e. The molecule has 0 spiro atoms. The van der Waals surface area contributed by atoms with Crippen LogP contribution in [0.1, 0.15) is 18.5 Å². The molecule has 0 radical (unpaired) electrons. The predicted molar refractivity (Wildman–Crippen MR) is 49.5 cm³/mol. The topological polar surface area (TPSA) is 59.6 Å². The highest BCUT2D eigenvalue weighted by molar-refractivity contribution is 5.38. The van der Waals surface area contributed by atoms with E-state index in [-0.39, 0.29) is 6.04 Å². The molecule has 0 saturated heterocycles. The Morgan fingerprint density at radius 1 is 1.64 bits per heavy atom. The minimum atomic E-state index is -0.228. The second-order valence-electron chi connectivity index (χ2n) is 2.92. The molecule has 14 heavy (non-hydrogen) atoms. The zero-order chi connectivity index (χ0) is 9.97. The van der Waals surface area contributed by atoms with E-state index in [1.807, 2.05) is 0 Å². The Balaban J connectivity index is 2.48. The van der Waals surface area contributed by atoms with Crippen molar-refractivity contribution < 1.29 is 4.79 Å². The van der Waals surface area contributed by atoms with Crippen molar-refractivity contribution in [3.63, 3.8) is 0 Å². The number of hydrogen-bond acceptors (Lipinski definition) is 4. The van der Waals surface area contributed by atoms with Crippen molar-refractivity contribution in [2.45, 2.75) is 13.0 Å². The number of hydrogen-bond donors (Lipinski definition) is 0. The molecule has 1 unspecified atom stereocenters. The quantitative estimate of drug-likeness (QED) is 0.524. The van der Waals surface area contributed by atoms with Crippen LogP contribution < -0.4 is 0 Å². The summed E-state index contributed by atoms with van der Waals surface area (Å²) in [5.41, 5.74) is 1.61. The molecule has 0 fully saturated rings. The second kappa shape index (κ2) is 3.40. The predicted octanol–water partition coefficient (Wildman–Crippen LogP) is 1.13. The van der Waals surface area contributed by atoms with Crippen molar-refractivity contribution in [2.24, 2.45) is 4.99 Å². The van der Waals surface area contributed by atoms with Gasteiger partial charge in [-0.3, -0.25) is 0 Å². The van der Waals surface area contributed by atoms with E-state index < -0.39 is 0 Å². The molecule has 1 atom stereocenters. The van der Waals surface area contributed by atoms with Crippen molar-refractivity contribution in [3.05, 3.63) is 30.2 Å². The standard InChI is InChI=1S/C9H8N4O/c1-7(11-6-14)8-4-10-9-2-3-12-13(9)5-8/h2-5,7H,1H3. The van der Waals surface area contributed by atoms with Gasteiger partial charge in [0.2, 0.25) is 6.08 Å². The van der Waals surface area contributed by atoms with Gasteiger partial charge in [0.05, 0.1) is 12.2 Å². The summed E-state index contributed by atoms with van der Waals surface area (Å²) in [6, 6.07) is 1.57. The molecule has 0 amide bonds. The van der Waals surface area contributed by atoms with Crippen LogP contribution in [0.4, 0.5) is 0 Å². The van der Waals surface area contributed by atoms with Gasteiger partial charge < -0.3 is 0 Å². The van der Waals surface area contributed by atoms with E-state index in [1.54, 1.807) is 36.1 Å². The fraction of sp³-hybridized carbons (Fsp3) is 0.222. The summed E-state index contributed by atoms with van der Waals surface area (Å²) in [5.74, 6) is 0. The molecule has 0 aromatic carbocycles. The van der Waals surface area contributed by atoms with Crippen molar-refractivity contribution >= 4 is 11.7 Å². The largest absolute Gasteiger partial charge is 0.237 e. The Morgan fingerprint density at radius 3 is 3.29 bits per heavy atom. The Bertz CT molecular complexity index is 498. The van der Waals surface area contributed by atoms with Crippen LogP contribution in [-0.2, 0) is 4.79 Å². The van der Waals surface area contributed by atoms with Crippen LogP contribution in [0.25, 0.3) is 5.65 Å². The maximum absolute atomic E-state index is 10.1. The van der Waals surface area contributed by atoms with Crippen molar-refractivity contribution in [1.82, 2.24) is 14.6 Å². The number of isocyanates is 1. The number of aromatic nitrogens is 3. The van der Waals surface area contributed by atoms with E-state index >= 15 is 0 Å². The van der Waals surface area contributed by atoms with Crippen molar-refractivity contribution in [1.29, 1.82) is 0 Å². The van der Waals surface area contributed by atoms with Gasteiger partial charge in [-0.1, -0.05) is 0 Å². The molecular formula is C9H8N4O. The molecule has 5 heteroatoms. The zero-order valence-corrected chi connectivity index (χ0v) is 7.58. The van der Waals surface area contributed by atoms with Gasteiger partial charge in [-0.2, -0.15) is 10.1 Å². The number of nitrogens with zero attached hydrogens (tertiary/aromatic N) is 4. The number of carbonyl (C=O) groups excluding carboxylic acids is 1. The Morgan fingerprint density at radius 2 is 2.50 bits per heavy atom. The van der Waals surface area contributed by atoms with E-state index in [0.29, 0.717) is 0 Å². The lowest BCUT2D eigenvalue weighted by Gasteiger charge is -2.03. The second-order valence-corrected chi connectivity index (χ2v) is 2.92. The third kappa shape index (κ3) is 1.41. The Kier molecular flexibility index (Phi) is 2.08. The van der Waals surface area contributed by atoms with Gasteiger partial charge in [-0.05, 0) is 6.92 Å². The van der Waals surface area contributed by atoms with Gasteiger partial charge in [0.1, 0.15) is 0 Å². The average molecular weight is 188 g/mol. The van der Waals surface area contributed by atoms with Crippen LogP contribution in [0.2, 0.25) is 0 Å². The fourth-order valence-corrected chi connectivity index (χ4v) is 1.19. The van der Waals surface area contributed by atoms with Gasteiger partial charge in [0.25, 0.3) is 0 Å². The van der Waals surface area contributed by atoms with Crippen LogP contribution in [0, 0.1) is 0 Å². The van der Waals surface area contributed by atoms with E-state index in [4.69, 9.17) is 0 Å². The first-order valence-electron chi connectivity index (χ1n) is 4.17. The summed E-state index contributed by atoms with van der Waals surface area (Å²) in [6.45, 7) is 1.80. The van der Waals surface area contributed by atoms with Crippen LogP contribution in [0.3, 0.4) is 0 Å². The molecule has 0 N–H and O–H groups in total. The van der Waals surface area contributed by atoms with Crippen LogP contribution in [0.15, 0.2) is 29.6 Å². The summed E-state index contributed by atoms with van der Waals surface area (Å²) in [7, 11) is 0. The van der Waals surface area contributed by atoms with Crippen LogP contribution >= 0.6 is 0 Å². The number of rotatable bonds is 2. The first-order chi connectivity index (χ1) is 6.81. The lowest BCUT2D eigenvalue weighted by atomic mass is 10.2. The zero-order valence-electron chi connectivity index (χ0n) is 7.58. The molecule has 70 valence electrons. The summed E-state index contributed by atoms with van der Waals surface area (Å²) in [6.07, 6.45) is 6.67. The van der Waals surface area contributed by atoms with Crippen molar-refractivity contribution in [3.8, 4) is 0 Å². The molecule has 5 nitrogen and oxygen atoms in total. The van der Waals surface area contributed by atoms with Gasteiger partial charge >= 0.3 is 0 Å². The third-order valence-corrected chi connectivity index (χ3v) is 2.00. The molecule has 0 aliphatic carbocycles. The first kappa shape index (κ1) is 8.59. The average Bonchev–Trinajstić information content (AvgIpc) is 2.64. The monoisotopic (exact) mass is 188 g/mol. The molecule has 2 heterocycles. The molecule has 0 saturated carbocycles. The van der Waals surface area contributed by atoms with Gasteiger partial charge in [0, 0.05) is 24.0 Å². The summed E-state index contributed by atoms with van der Waals surface area (Å²) in [4.78, 5) is 17.8. The molecule has 2 aromatic heterocycles. The minimum absolute atomic E-state index is 0.228. The fourth-order valence-electron chi connectivity index (χ4n) is 1.19. The number of fused-ring (bicyclic) bond motifs is 1. The first-order valence-corrected chi connectivity index (χ1v) is 4.17. The summed E-state index contributed by atoms with van der Waals surface area (Å²) < 4.78 is 1.64. The van der Waals surface area contributed by atoms with E-state index in [1.165, 1.54) is 6.08 Å². The summed E-state index contributed by atoms with van der Waals surface area (Å²) >= 11 is 0. The van der Waals surface area contributed by atoms with E-state index in [0.717, 1.165) is 11.2 Å². The highest BCUT2D eigenvalue weighted by atomic mass is 16.1. The van der Waals surface area contributed by atoms with Gasteiger partial charge in [-0.15, -0.1) is 0 Å².